The zero-order chi connectivity index (χ0) is 15.0. The first-order valence-corrected chi connectivity index (χ1v) is 6.99. The molecule has 0 saturated carbocycles. The van der Waals surface area contributed by atoms with E-state index in [0.29, 0.717) is 26.1 Å². The van der Waals surface area contributed by atoms with Crippen molar-refractivity contribution in [3.8, 4) is 0 Å². The molecule has 110 valence electrons. The fourth-order valence-corrected chi connectivity index (χ4v) is 3.08. The summed E-state index contributed by atoms with van der Waals surface area (Å²) < 4.78 is 0. The predicted molar refractivity (Wildman–Crippen MR) is 74.0 cm³/mol. The summed E-state index contributed by atoms with van der Waals surface area (Å²) in [4.78, 5) is 38.9. The van der Waals surface area contributed by atoms with E-state index in [1.165, 1.54) is 12.1 Å². The van der Waals surface area contributed by atoms with Crippen molar-refractivity contribution in [1.82, 2.24) is 9.80 Å². The lowest BCUT2D eigenvalue weighted by Crippen LogP contribution is -2.53. The number of carboxylic acids is 1. The van der Waals surface area contributed by atoms with E-state index < -0.39 is 5.97 Å². The van der Waals surface area contributed by atoms with Crippen molar-refractivity contribution in [2.75, 3.05) is 19.6 Å². The maximum Gasteiger partial charge on any atom is 0.336 e. The number of carboxylic acid groups (broad SMARTS) is 1. The molecule has 1 aromatic carbocycles. The monoisotopic (exact) mass is 288 g/mol. The summed E-state index contributed by atoms with van der Waals surface area (Å²) in [6.07, 6.45) is 1.31. The van der Waals surface area contributed by atoms with Crippen LogP contribution >= 0.6 is 0 Å². The molecule has 21 heavy (non-hydrogen) atoms. The number of hydrogen-bond donors (Lipinski definition) is 1. The number of fused-ring (bicyclic) bond motifs is 1. The predicted octanol–water partition coefficient (Wildman–Crippen LogP) is 0.832. The fraction of sp³-hybridized carbons (Fsp3) is 0.400. The van der Waals surface area contributed by atoms with Crippen molar-refractivity contribution in [3.05, 3.63) is 35.4 Å². The van der Waals surface area contributed by atoms with Gasteiger partial charge in [-0.15, -0.1) is 0 Å². The molecule has 2 saturated heterocycles. The van der Waals surface area contributed by atoms with Gasteiger partial charge in [-0.05, 0) is 18.6 Å². The molecule has 2 heterocycles. The molecule has 1 unspecified atom stereocenters. The molecule has 1 atom stereocenters. The fourth-order valence-electron chi connectivity index (χ4n) is 3.08. The molecule has 1 N–H and O–H groups in total. The van der Waals surface area contributed by atoms with Gasteiger partial charge in [0.15, 0.2) is 0 Å². The number of nitrogens with zero attached hydrogens (tertiary/aromatic N) is 2. The maximum absolute atomic E-state index is 12.6. The second-order valence-corrected chi connectivity index (χ2v) is 5.38. The molecule has 2 aliphatic heterocycles. The number of carbonyl (C=O) groups excluding carboxylic acids is 2. The van der Waals surface area contributed by atoms with Crippen LogP contribution in [0.4, 0.5) is 0 Å². The molecule has 0 bridgehead atoms. The normalized spacial score (nSPS) is 21.3. The zero-order valence-electron chi connectivity index (χ0n) is 11.5. The number of piperazine rings is 1. The molecule has 3 rings (SSSR count). The lowest BCUT2D eigenvalue weighted by molar-refractivity contribution is -0.130. The van der Waals surface area contributed by atoms with E-state index in [1.54, 1.807) is 17.0 Å². The highest BCUT2D eigenvalue weighted by Gasteiger charge is 2.37. The topological polar surface area (TPSA) is 77.9 Å². The third kappa shape index (κ3) is 2.37. The molecule has 2 amide bonds. The molecule has 0 spiro atoms. The highest BCUT2D eigenvalue weighted by molar-refractivity contribution is 6.04. The highest BCUT2D eigenvalue weighted by atomic mass is 16.4. The van der Waals surface area contributed by atoms with Gasteiger partial charge in [-0.2, -0.15) is 0 Å². The zero-order valence-corrected chi connectivity index (χ0v) is 11.5. The third-order valence-electron chi connectivity index (χ3n) is 4.17. The van der Waals surface area contributed by atoms with E-state index in [4.69, 9.17) is 0 Å². The van der Waals surface area contributed by atoms with Crippen LogP contribution < -0.4 is 0 Å². The Labute approximate surface area is 122 Å². The summed E-state index contributed by atoms with van der Waals surface area (Å²) in [6, 6.07) is 6.32. The maximum atomic E-state index is 12.6. The molecule has 6 heteroatoms. The van der Waals surface area contributed by atoms with Crippen LogP contribution in [-0.2, 0) is 4.79 Å². The molecule has 0 radical (unpaired) electrons. The average molecular weight is 288 g/mol. The van der Waals surface area contributed by atoms with Crippen LogP contribution in [-0.4, -0.2) is 58.4 Å². The van der Waals surface area contributed by atoms with Crippen molar-refractivity contribution in [3.63, 3.8) is 0 Å². The van der Waals surface area contributed by atoms with Gasteiger partial charge in [-0.3, -0.25) is 9.59 Å². The van der Waals surface area contributed by atoms with Gasteiger partial charge in [0, 0.05) is 32.1 Å². The van der Waals surface area contributed by atoms with Crippen LogP contribution in [0.15, 0.2) is 24.3 Å². The molecular weight excluding hydrogens is 272 g/mol. The van der Waals surface area contributed by atoms with Crippen LogP contribution in [0, 0.1) is 0 Å². The molecule has 0 aromatic heterocycles. The summed E-state index contributed by atoms with van der Waals surface area (Å²) in [5.74, 6) is -1.22. The van der Waals surface area contributed by atoms with Gasteiger partial charge in [-0.1, -0.05) is 12.1 Å². The third-order valence-corrected chi connectivity index (χ3v) is 4.17. The van der Waals surface area contributed by atoms with Crippen molar-refractivity contribution < 1.29 is 19.5 Å². The van der Waals surface area contributed by atoms with Crippen LogP contribution in [0.25, 0.3) is 0 Å². The van der Waals surface area contributed by atoms with E-state index in [1.807, 2.05) is 4.90 Å². The van der Waals surface area contributed by atoms with Gasteiger partial charge in [0.25, 0.3) is 5.91 Å². The van der Waals surface area contributed by atoms with E-state index in [9.17, 15) is 19.5 Å². The number of rotatable bonds is 2. The number of benzene rings is 1. The minimum absolute atomic E-state index is 0.0208. The van der Waals surface area contributed by atoms with Gasteiger partial charge in [0.05, 0.1) is 11.1 Å². The molecule has 0 aliphatic carbocycles. The van der Waals surface area contributed by atoms with Crippen LogP contribution in [0.5, 0.6) is 0 Å². The second-order valence-electron chi connectivity index (χ2n) is 5.38. The Kier molecular flexibility index (Phi) is 3.37. The Morgan fingerprint density at radius 3 is 2.57 bits per heavy atom. The first-order valence-electron chi connectivity index (χ1n) is 6.99. The van der Waals surface area contributed by atoms with Crippen LogP contribution in [0.1, 0.15) is 33.6 Å². The smallest absolute Gasteiger partial charge is 0.336 e. The van der Waals surface area contributed by atoms with Gasteiger partial charge < -0.3 is 14.9 Å². The lowest BCUT2D eigenvalue weighted by atomic mass is 10.0. The first-order chi connectivity index (χ1) is 10.1. The Morgan fingerprint density at radius 2 is 1.86 bits per heavy atom. The van der Waals surface area contributed by atoms with E-state index in [0.717, 1.165) is 6.42 Å². The van der Waals surface area contributed by atoms with E-state index in [2.05, 4.69) is 0 Å². The molecule has 2 aliphatic rings. The summed E-state index contributed by atoms with van der Waals surface area (Å²) in [7, 11) is 0. The largest absolute Gasteiger partial charge is 0.478 e. The summed E-state index contributed by atoms with van der Waals surface area (Å²) >= 11 is 0. The van der Waals surface area contributed by atoms with Crippen molar-refractivity contribution >= 4 is 17.8 Å². The highest BCUT2D eigenvalue weighted by Crippen LogP contribution is 2.24. The quantitative estimate of drug-likeness (QED) is 0.874. The SMILES string of the molecule is O=C(O)c1ccccc1C(=O)N1CCN2C(=O)CCC2C1. The van der Waals surface area contributed by atoms with Crippen LogP contribution in [0.2, 0.25) is 0 Å². The van der Waals surface area contributed by atoms with Crippen LogP contribution in [0.3, 0.4) is 0 Å². The standard InChI is InChI=1S/C15H16N2O4/c18-13-6-5-10-9-16(7-8-17(10)13)14(19)11-3-1-2-4-12(11)15(20)21/h1-4,10H,5-9H2,(H,20,21). The minimum atomic E-state index is -1.10. The van der Waals surface area contributed by atoms with Crippen molar-refractivity contribution in [2.45, 2.75) is 18.9 Å². The van der Waals surface area contributed by atoms with Crippen molar-refractivity contribution in [1.29, 1.82) is 0 Å². The van der Waals surface area contributed by atoms with Gasteiger partial charge in [0.1, 0.15) is 0 Å². The number of carbonyl (C=O) groups is 3. The van der Waals surface area contributed by atoms with Gasteiger partial charge in [0.2, 0.25) is 5.91 Å². The Hall–Kier alpha value is -2.37. The molecule has 1 aromatic rings. The second kappa shape index (κ2) is 5.20. The number of amides is 2. The number of aromatic carboxylic acids is 1. The van der Waals surface area contributed by atoms with Crippen molar-refractivity contribution in [2.24, 2.45) is 0 Å². The Balaban J connectivity index is 1.81. The first kappa shape index (κ1) is 13.6. The van der Waals surface area contributed by atoms with E-state index >= 15 is 0 Å². The van der Waals surface area contributed by atoms with E-state index in [-0.39, 0.29) is 29.0 Å². The average Bonchev–Trinajstić information content (AvgIpc) is 2.87. The lowest BCUT2D eigenvalue weighted by Gasteiger charge is -2.37. The molecule has 6 nitrogen and oxygen atoms in total. The Morgan fingerprint density at radius 1 is 1.14 bits per heavy atom. The van der Waals surface area contributed by atoms with Gasteiger partial charge >= 0.3 is 5.97 Å². The Bertz CT molecular complexity index is 613. The summed E-state index contributed by atoms with van der Waals surface area (Å²) in [5.41, 5.74) is 0.232. The molecule has 2 fully saturated rings. The minimum Gasteiger partial charge on any atom is -0.478 e. The molecular formula is C15H16N2O4. The summed E-state index contributed by atoms with van der Waals surface area (Å²) in [5, 5.41) is 9.17. The summed E-state index contributed by atoms with van der Waals surface area (Å²) in [6.45, 7) is 1.47. The van der Waals surface area contributed by atoms with Gasteiger partial charge in [-0.25, -0.2) is 4.79 Å². The number of hydrogen-bond acceptors (Lipinski definition) is 3.